The number of aromatic nitrogens is 1. The molecule has 11 nitrogen and oxygen atoms in total. The number of anilines is 2. The van der Waals surface area contributed by atoms with Gasteiger partial charge in [-0.2, -0.15) is 13.2 Å². The number of likely N-dealkylation sites (tertiary alicyclic amines) is 1. The Kier molecular flexibility index (Phi) is 14.4. The van der Waals surface area contributed by atoms with E-state index in [1.165, 1.54) is 23.8 Å². The van der Waals surface area contributed by atoms with Gasteiger partial charge in [0.2, 0.25) is 0 Å². The minimum Gasteiger partial charge on any atom is -0.495 e. The molecule has 1 saturated heterocycles. The van der Waals surface area contributed by atoms with Crippen molar-refractivity contribution in [3.63, 3.8) is 0 Å². The molecule has 49 heavy (non-hydrogen) atoms. The first-order valence-corrected chi connectivity index (χ1v) is 18.1. The second-order valence-electron chi connectivity index (χ2n) is 11.6. The van der Waals surface area contributed by atoms with E-state index in [4.69, 9.17) is 24.7 Å². The molecule has 270 valence electrons. The molecular weight excluding hydrogens is 663 g/mol. The lowest BCUT2D eigenvalue weighted by atomic mass is 10.0. The quantitative estimate of drug-likeness (QED) is 0.132. The average molecular weight is 710 g/mol. The number of rotatable bonds is 18. The number of methoxy groups -OCH3 is 1. The Labute approximate surface area is 286 Å². The highest BCUT2D eigenvalue weighted by Crippen LogP contribution is 2.32. The number of nitrogens with zero attached hydrogens (tertiary/aromatic N) is 2. The molecule has 1 aromatic heterocycles. The van der Waals surface area contributed by atoms with Crippen LogP contribution in [0, 0.1) is 11.8 Å². The Morgan fingerprint density at radius 3 is 2.31 bits per heavy atom. The molecule has 0 radical (unpaired) electrons. The minimum absolute atomic E-state index is 0.0929. The first-order chi connectivity index (χ1) is 23.5. The van der Waals surface area contributed by atoms with Crippen LogP contribution in [0.3, 0.4) is 0 Å². The Balaban J connectivity index is 1.34. The number of sulfone groups is 1. The number of hydrogen-bond acceptors (Lipinski definition) is 10. The lowest BCUT2D eigenvalue weighted by Gasteiger charge is -2.32. The van der Waals surface area contributed by atoms with Crippen molar-refractivity contribution in [2.75, 3.05) is 96.4 Å². The van der Waals surface area contributed by atoms with Gasteiger partial charge in [0, 0.05) is 55.6 Å². The molecule has 0 saturated carbocycles. The summed E-state index contributed by atoms with van der Waals surface area (Å²) in [6, 6.07) is 11.6. The molecule has 0 atom stereocenters. The summed E-state index contributed by atoms with van der Waals surface area (Å²) >= 11 is 0. The molecule has 1 aliphatic rings. The summed E-state index contributed by atoms with van der Waals surface area (Å²) in [4.78, 5) is 2.45. The number of halogens is 3. The second kappa shape index (κ2) is 18.5. The van der Waals surface area contributed by atoms with Crippen molar-refractivity contribution in [3.05, 3.63) is 48.2 Å². The SMILES string of the molecule is COc1cc(S(C)(=O)=O)ccc1NCC#Cc1cc2c(NC3CCN(CCOCCOCCOCCN)CC3)cccc2n1CC(F)(F)F. The van der Waals surface area contributed by atoms with Crippen molar-refractivity contribution in [2.45, 2.75) is 36.5 Å². The fraction of sp³-hybridized carbons (Fsp3) is 0.529. The summed E-state index contributed by atoms with van der Waals surface area (Å²) in [5.74, 6) is 6.12. The second-order valence-corrected chi connectivity index (χ2v) is 13.7. The van der Waals surface area contributed by atoms with Crippen LogP contribution >= 0.6 is 0 Å². The van der Waals surface area contributed by atoms with Crippen molar-refractivity contribution < 1.29 is 40.5 Å². The highest BCUT2D eigenvalue weighted by atomic mass is 32.2. The van der Waals surface area contributed by atoms with Gasteiger partial charge in [0.15, 0.2) is 9.84 Å². The smallest absolute Gasteiger partial charge is 0.406 e. The minimum atomic E-state index is -4.44. The maximum atomic E-state index is 13.7. The van der Waals surface area contributed by atoms with Crippen LogP contribution in [0.1, 0.15) is 18.5 Å². The van der Waals surface area contributed by atoms with Crippen molar-refractivity contribution in [2.24, 2.45) is 5.73 Å². The van der Waals surface area contributed by atoms with E-state index in [0.717, 1.165) is 44.4 Å². The van der Waals surface area contributed by atoms with E-state index in [1.807, 2.05) is 6.07 Å². The molecule has 0 bridgehead atoms. The molecule has 4 rings (SSSR count). The zero-order valence-corrected chi connectivity index (χ0v) is 28.8. The van der Waals surface area contributed by atoms with Gasteiger partial charge < -0.3 is 44.8 Å². The first kappa shape index (κ1) is 38.3. The summed E-state index contributed by atoms with van der Waals surface area (Å²) in [5, 5.41) is 7.29. The fourth-order valence-electron chi connectivity index (χ4n) is 5.53. The van der Waals surface area contributed by atoms with Crippen LogP contribution in [-0.2, 0) is 30.6 Å². The molecule has 2 aromatic carbocycles. The molecule has 15 heteroatoms. The van der Waals surface area contributed by atoms with Crippen LogP contribution in [-0.4, -0.2) is 116 Å². The normalized spacial score (nSPS) is 14.5. The van der Waals surface area contributed by atoms with Gasteiger partial charge in [-0.15, -0.1) is 0 Å². The zero-order chi connectivity index (χ0) is 35.3. The number of benzene rings is 2. The lowest BCUT2D eigenvalue weighted by Crippen LogP contribution is -2.40. The first-order valence-electron chi connectivity index (χ1n) is 16.2. The summed E-state index contributed by atoms with van der Waals surface area (Å²) in [7, 11) is -2.00. The van der Waals surface area contributed by atoms with E-state index in [9.17, 15) is 21.6 Å². The number of nitrogens with two attached hydrogens (primary N) is 1. The largest absolute Gasteiger partial charge is 0.495 e. The topological polar surface area (TPSA) is 129 Å². The van der Waals surface area contributed by atoms with Crippen LogP contribution in [0.4, 0.5) is 24.5 Å². The molecule has 0 unspecified atom stereocenters. The van der Waals surface area contributed by atoms with E-state index in [1.54, 1.807) is 24.3 Å². The highest BCUT2D eigenvalue weighted by molar-refractivity contribution is 7.90. The summed E-state index contributed by atoms with van der Waals surface area (Å²) in [6.45, 7) is 5.20. The van der Waals surface area contributed by atoms with E-state index in [2.05, 4.69) is 27.4 Å². The number of alkyl halides is 3. The van der Waals surface area contributed by atoms with E-state index in [0.29, 0.717) is 68.5 Å². The van der Waals surface area contributed by atoms with Gasteiger partial charge in [-0.25, -0.2) is 8.42 Å². The van der Waals surface area contributed by atoms with Crippen LogP contribution in [0.15, 0.2) is 47.4 Å². The summed E-state index contributed by atoms with van der Waals surface area (Å²) < 4.78 is 87.7. The van der Waals surface area contributed by atoms with Crippen molar-refractivity contribution in [1.82, 2.24) is 9.47 Å². The summed E-state index contributed by atoms with van der Waals surface area (Å²) in [6.07, 6.45) is -1.56. The molecular formula is C34H46F3N5O6S. The van der Waals surface area contributed by atoms with Crippen molar-refractivity contribution >= 4 is 32.1 Å². The molecule has 0 spiro atoms. The van der Waals surface area contributed by atoms with Gasteiger partial charge in [0.05, 0.1) is 75.1 Å². The highest BCUT2D eigenvalue weighted by Gasteiger charge is 2.30. The monoisotopic (exact) mass is 709 g/mol. The lowest BCUT2D eigenvalue weighted by molar-refractivity contribution is -0.140. The van der Waals surface area contributed by atoms with Gasteiger partial charge in [0.1, 0.15) is 12.3 Å². The Morgan fingerprint density at radius 2 is 1.65 bits per heavy atom. The Hall–Kier alpha value is -3.52. The predicted molar refractivity (Wildman–Crippen MR) is 184 cm³/mol. The molecule has 3 aromatic rings. The van der Waals surface area contributed by atoms with Gasteiger partial charge in [-0.3, -0.25) is 0 Å². The zero-order valence-electron chi connectivity index (χ0n) is 28.0. The number of ether oxygens (including phenoxy) is 4. The molecule has 4 N–H and O–H groups in total. The number of fused-ring (bicyclic) bond motifs is 1. The third-order valence-corrected chi connectivity index (χ3v) is 9.08. The number of hydrogen-bond donors (Lipinski definition) is 3. The maximum Gasteiger partial charge on any atom is 0.406 e. The van der Waals surface area contributed by atoms with Crippen LogP contribution in [0.25, 0.3) is 10.9 Å². The van der Waals surface area contributed by atoms with Crippen LogP contribution in [0.2, 0.25) is 0 Å². The molecule has 1 fully saturated rings. The van der Waals surface area contributed by atoms with Crippen LogP contribution in [0.5, 0.6) is 5.75 Å². The van der Waals surface area contributed by atoms with Crippen LogP contribution < -0.4 is 21.1 Å². The van der Waals surface area contributed by atoms with Gasteiger partial charge >= 0.3 is 6.18 Å². The third-order valence-electron chi connectivity index (χ3n) is 7.97. The van der Waals surface area contributed by atoms with E-state index in [-0.39, 0.29) is 23.2 Å². The predicted octanol–water partition coefficient (Wildman–Crippen LogP) is 3.96. The molecule has 2 heterocycles. The average Bonchev–Trinajstić information content (AvgIpc) is 3.40. The Bertz CT molecular complexity index is 1660. The maximum absolute atomic E-state index is 13.7. The molecule has 0 aliphatic carbocycles. The third kappa shape index (κ3) is 12.1. The van der Waals surface area contributed by atoms with E-state index >= 15 is 0 Å². The van der Waals surface area contributed by atoms with Crippen molar-refractivity contribution in [1.29, 1.82) is 0 Å². The molecule has 0 amide bonds. The van der Waals surface area contributed by atoms with E-state index < -0.39 is 22.6 Å². The number of nitrogens with one attached hydrogen (secondary N) is 2. The fourth-order valence-corrected chi connectivity index (χ4v) is 6.16. The van der Waals surface area contributed by atoms with Gasteiger partial charge in [-0.05, 0) is 49.1 Å². The molecule has 1 aliphatic heterocycles. The summed E-state index contributed by atoms with van der Waals surface area (Å²) in [5.41, 5.74) is 7.33. The van der Waals surface area contributed by atoms with Gasteiger partial charge in [-0.1, -0.05) is 12.0 Å². The number of piperidine rings is 1. The van der Waals surface area contributed by atoms with Crippen molar-refractivity contribution in [3.8, 4) is 17.6 Å². The van der Waals surface area contributed by atoms with Gasteiger partial charge in [0.25, 0.3) is 0 Å². The Morgan fingerprint density at radius 1 is 0.959 bits per heavy atom. The standard InChI is InChI=1S/C34H46F3N5O6S/c1-45-33-24-28(49(2,43)44)8-9-31(33)39-13-4-5-27-23-29-30(6-3-7-32(29)42(27)25-34(35,36)37)40-26-10-14-41(15-11-26)16-18-47-20-22-48-21-19-46-17-12-38/h3,6-9,23-24,26,39-40H,10-22,25,38H2,1-2H3.